The normalized spacial score (nSPS) is 14.1. The topological polar surface area (TPSA) is 66.8 Å². The Morgan fingerprint density at radius 1 is 1.47 bits per heavy atom. The van der Waals surface area contributed by atoms with Crippen LogP contribution in [-0.4, -0.2) is 23.3 Å². The number of aliphatic carboxylic acids is 1. The third kappa shape index (κ3) is 3.75. The number of carboxylic acids is 1. The molecule has 1 aromatic carbocycles. The van der Waals surface area contributed by atoms with Crippen LogP contribution in [0.3, 0.4) is 0 Å². The summed E-state index contributed by atoms with van der Waals surface area (Å²) in [4.78, 5) is 10.9. The van der Waals surface area contributed by atoms with Crippen molar-refractivity contribution in [2.45, 2.75) is 25.9 Å². The molecule has 4 nitrogen and oxygen atoms in total. The van der Waals surface area contributed by atoms with Gasteiger partial charge in [-0.1, -0.05) is 19.1 Å². The Kier molecular flexibility index (Phi) is 4.97. The number of carbonyl (C=O) groups is 1. The molecule has 4 heteroatoms. The van der Waals surface area contributed by atoms with Gasteiger partial charge in [0.25, 0.3) is 0 Å². The van der Waals surface area contributed by atoms with E-state index < -0.39 is 18.0 Å². The van der Waals surface area contributed by atoms with Crippen LogP contribution < -0.4 is 4.74 Å². The molecule has 0 saturated carbocycles. The van der Waals surface area contributed by atoms with E-state index in [4.69, 9.17) is 9.84 Å². The summed E-state index contributed by atoms with van der Waals surface area (Å²) < 4.78 is 5.06. The molecule has 0 saturated heterocycles. The number of carboxylic acid groups (broad SMARTS) is 1. The maximum Gasteiger partial charge on any atom is 0.306 e. The molecule has 0 aliphatic carbocycles. The highest BCUT2D eigenvalue weighted by atomic mass is 16.5. The highest BCUT2D eigenvalue weighted by Gasteiger charge is 2.20. The Hall–Kier alpha value is -1.55. The lowest BCUT2D eigenvalue weighted by Crippen LogP contribution is -2.16. The molecule has 2 unspecified atom stereocenters. The molecule has 0 fully saturated rings. The average Bonchev–Trinajstić information content (AvgIpc) is 2.35. The first-order valence-corrected chi connectivity index (χ1v) is 5.63. The Labute approximate surface area is 101 Å². The second kappa shape index (κ2) is 6.25. The quantitative estimate of drug-likeness (QED) is 0.797. The fraction of sp³-hybridized carbons (Fsp3) is 0.462. The van der Waals surface area contributed by atoms with Gasteiger partial charge in [-0.25, -0.2) is 0 Å². The predicted octanol–water partition coefficient (Wildman–Crippen LogP) is 2.23. The third-order valence-electron chi connectivity index (χ3n) is 2.83. The number of benzene rings is 1. The fourth-order valence-corrected chi connectivity index (χ4v) is 1.70. The zero-order chi connectivity index (χ0) is 12.8. The fourth-order valence-electron chi connectivity index (χ4n) is 1.70. The summed E-state index contributed by atoms with van der Waals surface area (Å²) in [6.45, 7) is 1.80. The van der Waals surface area contributed by atoms with Crippen LogP contribution in [0.15, 0.2) is 24.3 Å². The molecule has 0 aliphatic heterocycles. The summed E-state index contributed by atoms with van der Waals surface area (Å²) >= 11 is 0. The third-order valence-corrected chi connectivity index (χ3v) is 2.83. The molecule has 94 valence electrons. The second-order valence-corrected chi connectivity index (χ2v) is 3.97. The van der Waals surface area contributed by atoms with E-state index in [0.29, 0.717) is 17.7 Å². The summed E-state index contributed by atoms with van der Waals surface area (Å²) in [5.41, 5.74) is 0.684. The minimum absolute atomic E-state index is 0.221. The zero-order valence-electron chi connectivity index (χ0n) is 10.1. The van der Waals surface area contributed by atoms with Crippen molar-refractivity contribution >= 4 is 5.97 Å². The van der Waals surface area contributed by atoms with E-state index in [1.165, 1.54) is 0 Å². The smallest absolute Gasteiger partial charge is 0.306 e. The number of hydrogen-bond acceptors (Lipinski definition) is 3. The highest BCUT2D eigenvalue weighted by molar-refractivity contribution is 5.69. The van der Waals surface area contributed by atoms with Gasteiger partial charge < -0.3 is 14.9 Å². The van der Waals surface area contributed by atoms with Gasteiger partial charge in [-0.15, -0.1) is 0 Å². The molecule has 0 amide bonds. The van der Waals surface area contributed by atoms with E-state index in [0.717, 1.165) is 0 Å². The molecule has 0 radical (unpaired) electrons. The Balaban J connectivity index is 2.74. The first-order valence-electron chi connectivity index (χ1n) is 5.63. The molecule has 0 bridgehead atoms. The molecule has 17 heavy (non-hydrogen) atoms. The molecule has 0 spiro atoms. The largest absolute Gasteiger partial charge is 0.497 e. The van der Waals surface area contributed by atoms with Crippen LogP contribution in [-0.2, 0) is 4.79 Å². The monoisotopic (exact) mass is 238 g/mol. The molecule has 0 aromatic heterocycles. The van der Waals surface area contributed by atoms with Crippen LogP contribution in [0.1, 0.15) is 31.4 Å². The standard InChI is InChI=1S/C13H18O4/c1-3-9(13(15)16)8-12(14)10-5-4-6-11(7-10)17-2/h4-7,9,12,14H,3,8H2,1-2H3,(H,15,16). The van der Waals surface area contributed by atoms with Crippen LogP contribution in [0.4, 0.5) is 0 Å². The van der Waals surface area contributed by atoms with Gasteiger partial charge in [-0.3, -0.25) is 4.79 Å². The van der Waals surface area contributed by atoms with Crippen molar-refractivity contribution in [1.29, 1.82) is 0 Å². The summed E-state index contributed by atoms with van der Waals surface area (Å²) in [5.74, 6) is -0.726. The van der Waals surface area contributed by atoms with Gasteiger partial charge in [0.2, 0.25) is 0 Å². The van der Waals surface area contributed by atoms with Crippen LogP contribution in [0.5, 0.6) is 5.75 Å². The molecular formula is C13H18O4. The summed E-state index contributed by atoms with van der Waals surface area (Å²) in [7, 11) is 1.55. The van der Waals surface area contributed by atoms with Crippen molar-refractivity contribution in [1.82, 2.24) is 0 Å². The van der Waals surface area contributed by atoms with Crippen LogP contribution in [0.2, 0.25) is 0 Å². The number of ether oxygens (including phenoxy) is 1. The number of rotatable bonds is 6. The lowest BCUT2D eigenvalue weighted by molar-refractivity contribution is -0.143. The van der Waals surface area contributed by atoms with Crippen molar-refractivity contribution in [2.75, 3.05) is 7.11 Å². The molecular weight excluding hydrogens is 220 g/mol. The van der Waals surface area contributed by atoms with Crippen LogP contribution in [0, 0.1) is 5.92 Å². The Bertz CT molecular complexity index is 375. The molecule has 0 heterocycles. The second-order valence-electron chi connectivity index (χ2n) is 3.97. The van der Waals surface area contributed by atoms with Gasteiger partial charge in [0, 0.05) is 0 Å². The van der Waals surface area contributed by atoms with Gasteiger partial charge in [0.15, 0.2) is 0 Å². The van der Waals surface area contributed by atoms with Crippen molar-refractivity contribution in [2.24, 2.45) is 5.92 Å². The number of hydrogen-bond donors (Lipinski definition) is 2. The Morgan fingerprint density at radius 2 is 2.18 bits per heavy atom. The Morgan fingerprint density at radius 3 is 2.71 bits per heavy atom. The van der Waals surface area contributed by atoms with Crippen molar-refractivity contribution in [3.8, 4) is 5.75 Å². The first-order chi connectivity index (χ1) is 8.08. The summed E-state index contributed by atoms with van der Waals surface area (Å²) in [5, 5.41) is 18.9. The maximum atomic E-state index is 10.9. The van der Waals surface area contributed by atoms with Gasteiger partial charge in [-0.2, -0.15) is 0 Å². The average molecular weight is 238 g/mol. The highest BCUT2D eigenvalue weighted by Crippen LogP contribution is 2.25. The van der Waals surface area contributed by atoms with Gasteiger partial charge in [-0.05, 0) is 30.5 Å². The SMILES string of the molecule is CCC(CC(O)c1cccc(OC)c1)C(=O)O. The van der Waals surface area contributed by atoms with Crippen molar-refractivity contribution in [3.63, 3.8) is 0 Å². The number of aliphatic hydroxyl groups excluding tert-OH is 1. The van der Waals surface area contributed by atoms with Gasteiger partial charge >= 0.3 is 5.97 Å². The number of methoxy groups -OCH3 is 1. The molecule has 2 N–H and O–H groups in total. The summed E-state index contributed by atoms with van der Waals surface area (Å²) in [6.07, 6.45) is -0.0406. The maximum absolute atomic E-state index is 10.9. The number of aliphatic hydroxyl groups is 1. The zero-order valence-corrected chi connectivity index (χ0v) is 10.1. The molecule has 1 rings (SSSR count). The van der Waals surface area contributed by atoms with E-state index in [1.807, 2.05) is 0 Å². The van der Waals surface area contributed by atoms with Crippen molar-refractivity contribution in [3.05, 3.63) is 29.8 Å². The van der Waals surface area contributed by atoms with E-state index in [1.54, 1.807) is 38.3 Å². The lowest BCUT2D eigenvalue weighted by Gasteiger charge is -2.16. The minimum atomic E-state index is -0.866. The lowest BCUT2D eigenvalue weighted by atomic mass is 9.95. The van der Waals surface area contributed by atoms with E-state index in [2.05, 4.69) is 0 Å². The van der Waals surface area contributed by atoms with E-state index >= 15 is 0 Å². The van der Waals surface area contributed by atoms with Crippen LogP contribution >= 0.6 is 0 Å². The minimum Gasteiger partial charge on any atom is -0.497 e. The van der Waals surface area contributed by atoms with Gasteiger partial charge in [0.1, 0.15) is 5.75 Å². The van der Waals surface area contributed by atoms with E-state index in [9.17, 15) is 9.90 Å². The summed E-state index contributed by atoms with van der Waals surface area (Å²) in [6, 6.07) is 7.05. The van der Waals surface area contributed by atoms with Crippen LogP contribution in [0.25, 0.3) is 0 Å². The predicted molar refractivity (Wildman–Crippen MR) is 64.0 cm³/mol. The van der Waals surface area contributed by atoms with Crippen molar-refractivity contribution < 1.29 is 19.7 Å². The first kappa shape index (κ1) is 13.5. The molecule has 1 aromatic rings. The van der Waals surface area contributed by atoms with E-state index in [-0.39, 0.29) is 6.42 Å². The molecule has 2 atom stereocenters. The van der Waals surface area contributed by atoms with Gasteiger partial charge in [0.05, 0.1) is 19.1 Å². The molecule has 0 aliphatic rings.